The molecule has 0 bridgehead atoms. The predicted molar refractivity (Wildman–Crippen MR) is 136 cm³/mol. The number of para-hydroxylation sites is 1. The third kappa shape index (κ3) is 5.43. The van der Waals surface area contributed by atoms with Crippen molar-refractivity contribution in [2.75, 3.05) is 18.7 Å². The van der Waals surface area contributed by atoms with Gasteiger partial charge in [0.2, 0.25) is 12.7 Å². The summed E-state index contributed by atoms with van der Waals surface area (Å²) in [5.41, 5.74) is 3.77. The molecule has 8 heteroatoms. The maximum Gasteiger partial charge on any atom is 0.322 e. The molecule has 1 aliphatic carbocycles. The van der Waals surface area contributed by atoms with E-state index in [9.17, 15) is 9.59 Å². The number of thiophene rings is 1. The molecule has 7 nitrogen and oxygen atoms in total. The fourth-order valence-electron chi connectivity index (χ4n) is 4.27. The number of aryl methyl sites for hydroxylation is 2. The highest BCUT2D eigenvalue weighted by atomic mass is 32.1. The number of nitrogens with zero attached hydrogens (tertiary/aromatic N) is 2. The zero-order chi connectivity index (χ0) is 24.4. The summed E-state index contributed by atoms with van der Waals surface area (Å²) >= 11 is 1.62. The second-order valence-corrected chi connectivity index (χ2v) is 10.1. The van der Waals surface area contributed by atoms with Gasteiger partial charge in [-0.1, -0.05) is 30.3 Å². The number of carbonyl (C=O) groups is 2. The molecule has 182 valence electrons. The number of urea groups is 1. The summed E-state index contributed by atoms with van der Waals surface area (Å²) in [6.07, 6.45) is 1.83. The van der Waals surface area contributed by atoms with E-state index < -0.39 is 0 Å². The minimum atomic E-state index is -0.225. The highest BCUT2D eigenvalue weighted by molar-refractivity contribution is 7.09. The Hall–Kier alpha value is -3.52. The Morgan fingerprint density at radius 2 is 1.77 bits per heavy atom. The van der Waals surface area contributed by atoms with Crippen LogP contribution in [0.15, 0.2) is 53.9 Å². The molecule has 2 heterocycles. The number of benzene rings is 2. The average molecular weight is 492 g/mol. The van der Waals surface area contributed by atoms with Gasteiger partial charge >= 0.3 is 6.03 Å². The zero-order valence-electron chi connectivity index (χ0n) is 20.0. The molecule has 1 aromatic heterocycles. The van der Waals surface area contributed by atoms with Crippen LogP contribution in [-0.2, 0) is 17.9 Å². The topological polar surface area (TPSA) is 71.1 Å². The number of ether oxygens (including phenoxy) is 2. The van der Waals surface area contributed by atoms with Crippen molar-refractivity contribution in [2.45, 2.75) is 45.8 Å². The highest BCUT2D eigenvalue weighted by Crippen LogP contribution is 2.33. The second kappa shape index (κ2) is 10.00. The van der Waals surface area contributed by atoms with Crippen LogP contribution in [0.3, 0.4) is 0 Å². The molecule has 2 aromatic carbocycles. The van der Waals surface area contributed by atoms with Gasteiger partial charge in [0, 0.05) is 23.2 Å². The quantitative estimate of drug-likeness (QED) is 0.463. The zero-order valence-corrected chi connectivity index (χ0v) is 20.8. The van der Waals surface area contributed by atoms with E-state index in [4.69, 9.17) is 9.47 Å². The number of hydrogen-bond donors (Lipinski definition) is 1. The molecule has 1 aliphatic heterocycles. The van der Waals surface area contributed by atoms with E-state index in [2.05, 4.69) is 5.32 Å². The van der Waals surface area contributed by atoms with Crippen molar-refractivity contribution in [1.82, 2.24) is 9.80 Å². The van der Waals surface area contributed by atoms with Crippen LogP contribution in [0.1, 0.15) is 34.4 Å². The summed E-state index contributed by atoms with van der Waals surface area (Å²) in [7, 11) is 0. The van der Waals surface area contributed by atoms with Gasteiger partial charge in [-0.2, -0.15) is 0 Å². The van der Waals surface area contributed by atoms with Crippen LogP contribution < -0.4 is 14.8 Å². The van der Waals surface area contributed by atoms with E-state index in [0.717, 1.165) is 40.1 Å². The first-order chi connectivity index (χ1) is 17.0. The fourth-order valence-corrected chi connectivity index (χ4v) is 4.99. The third-order valence-electron chi connectivity index (χ3n) is 6.36. The van der Waals surface area contributed by atoms with E-state index in [1.54, 1.807) is 16.2 Å². The van der Waals surface area contributed by atoms with Crippen molar-refractivity contribution >= 4 is 29.0 Å². The molecule has 0 atom stereocenters. The van der Waals surface area contributed by atoms with Gasteiger partial charge in [0.05, 0.1) is 6.54 Å². The number of anilines is 1. The smallest absolute Gasteiger partial charge is 0.322 e. The molecule has 1 fully saturated rings. The maximum absolute atomic E-state index is 13.6. The van der Waals surface area contributed by atoms with Crippen molar-refractivity contribution in [2.24, 2.45) is 0 Å². The first kappa shape index (κ1) is 23.2. The number of amides is 3. The van der Waals surface area contributed by atoms with Crippen LogP contribution in [-0.4, -0.2) is 41.1 Å². The largest absolute Gasteiger partial charge is 0.454 e. The van der Waals surface area contributed by atoms with Crippen molar-refractivity contribution in [3.8, 4) is 11.5 Å². The number of carbonyl (C=O) groups excluding carboxylic acids is 2. The van der Waals surface area contributed by atoms with Gasteiger partial charge in [0.1, 0.15) is 6.54 Å². The Kier molecular flexibility index (Phi) is 6.63. The van der Waals surface area contributed by atoms with Gasteiger partial charge in [0.25, 0.3) is 0 Å². The number of rotatable bonds is 8. The molecule has 2 aliphatic rings. The minimum absolute atomic E-state index is 0.0390. The van der Waals surface area contributed by atoms with Crippen LogP contribution in [0.4, 0.5) is 10.5 Å². The van der Waals surface area contributed by atoms with Gasteiger partial charge in [-0.15, -0.1) is 11.3 Å². The summed E-state index contributed by atoms with van der Waals surface area (Å²) in [5.74, 6) is 1.33. The molecule has 3 aromatic rings. The van der Waals surface area contributed by atoms with Gasteiger partial charge in [-0.3, -0.25) is 4.79 Å². The SMILES string of the molecule is Cc1cccc(C)c1NC(=O)N(CC(=O)N(Cc1ccc2c(c1)OCO2)Cc1cccs1)C1CC1. The Morgan fingerprint density at radius 1 is 1.00 bits per heavy atom. The first-order valence-electron chi connectivity index (χ1n) is 11.8. The Labute approximate surface area is 209 Å². The van der Waals surface area contributed by atoms with Gasteiger partial charge < -0.3 is 24.6 Å². The Bertz CT molecular complexity index is 1200. The van der Waals surface area contributed by atoms with E-state index in [1.165, 1.54) is 0 Å². The van der Waals surface area contributed by atoms with E-state index >= 15 is 0 Å². The molecule has 0 spiro atoms. The average Bonchev–Trinajstić information content (AvgIpc) is 3.34. The van der Waals surface area contributed by atoms with Crippen molar-refractivity contribution < 1.29 is 19.1 Å². The molecular weight excluding hydrogens is 462 g/mol. The van der Waals surface area contributed by atoms with Crippen LogP contribution in [0, 0.1) is 13.8 Å². The molecule has 0 radical (unpaired) electrons. The summed E-state index contributed by atoms with van der Waals surface area (Å²) in [4.78, 5) is 31.5. The summed E-state index contributed by atoms with van der Waals surface area (Å²) in [5, 5.41) is 5.06. The fraction of sp³-hybridized carbons (Fsp3) is 0.333. The monoisotopic (exact) mass is 491 g/mol. The van der Waals surface area contributed by atoms with E-state index in [-0.39, 0.29) is 31.3 Å². The summed E-state index contributed by atoms with van der Waals surface area (Å²) in [6, 6.07) is 15.6. The number of fused-ring (bicyclic) bond motifs is 1. The van der Waals surface area contributed by atoms with Crippen LogP contribution >= 0.6 is 11.3 Å². The lowest BCUT2D eigenvalue weighted by atomic mass is 10.1. The molecule has 1 saturated carbocycles. The first-order valence-corrected chi connectivity index (χ1v) is 12.7. The standard InChI is InChI=1S/C27H29N3O4S/c1-18-5-3-6-19(2)26(18)28-27(32)30(21-9-10-21)16-25(31)29(15-22-7-4-12-35-22)14-20-8-11-23-24(13-20)34-17-33-23/h3-8,11-13,21H,9-10,14-17H2,1-2H3,(H,28,32). The van der Waals surface area contributed by atoms with Crippen LogP contribution in [0.2, 0.25) is 0 Å². The van der Waals surface area contributed by atoms with Crippen LogP contribution in [0.25, 0.3) is 0 Å². The van der Waals surface area contributed by atoms with Crippen molar-refractivity contribution in [1.29, 1.82) is 0 Å². The lowest BCUT2D eigenvalue weighted by molar-refractivity contribution is -0.133. The maximum atomic E-state index is 13.6. The molecular formula is C27H29N3O4S. The van der Waals surface area contributed by atoms with Gasteiger partial charge in [-0.25, -0.2) is 4.79 Å². The van der Waals surface area contributed by atoms with Crippen LogP contribution in [0.5, 0.6) is 11.5 Å². The van der Waals surface area contributed by atoms with Crippen molar-refractivity contribution in [3.05, 3.63) is 75.5 Å². The minimum Gasteiger partial charge on any atom is -0.454 e. The van der Waals surface area contributed by atoms with E-state index in [1.807, 2.05) is 72.7 Å². The third-order valence-corrected chi connectivity index (χ3v) is 7.22. The molecule has 0 saturated heterocycles. The second-order valence-electron chi connectivity index (χ2n) is 9.07. The highest BCUT2D eigenvalue weighted by Gasteiger charge is 2.35. The lowest BCUT2D eigenvalue weighted by Crippen LogP contribution is -2.45. The Morgan fingerprint density at radius 3 is 2.49 bits per heavy atom. The van der Waals surface area contributed by atoms with E-state index in [0.29, 0.717) is 24.6 Å². The van der Waals surface area contributed by atoms with Crippen molar-refractivity contribution in [3.63, 3.8) is 0 Å². The normalized spacial score (nSPS) is 14.0. The number of hydrogen-bond acceptors (Lipinski definition) is 5. The molecule has 3 amide bonds. The summed E-state index contributed by atoms with van der Waals surface area (Å²) < 4.78 is 10.9. The van der Waals surface area contributed by atoms with Gasteiger partial charge in [0.15, 0.2) is 11.5 Å². The molecule has 5 rings (SSSR count). The number of nitrogens with one attached hydrogen (secondary N) is 1. The predicted octanol–water partition coefficient (Wildman–Crippen LogP) is 5.32. The summed E-state index contributed by atoms with van der Waals surface area (Å²) in [6.45, 7) is 5.11. The Balaban J connectivity index is 1.33. The molecule has 1 N–H and O–H groups in total. The molecule has 35 heavy (non-hydrogen) atoms. The molecule has 0 unspecified atom stereocenters. The van der Waals surface area contributed by atoms with Gasteiger partial charge in [-0.05, 0) is 67.0 Å². The lowest BCUT2D eigenvalue weighted by Gasteiger charge is -2.28.